The Kier molecular flexibility index (Phi) is 4.38. The zero-order chi connectivity index (χ0) is 18.8. The molecule has 0 saturated carbocycles. The second-order valence-electron chi connectivity index (χ2n) is 6.46. The molecule has 2 aromatic carbocycles. The lowest BCUT2D eigenvalue weighted by Gasteiger charge is -2.08. The molecule has 0 spiro atoms. The number of nitrogens with zero attached hydrogens (tertiary/aromatic N) is 3. The van der Waals surface area contributed by atoms with Crippen molar-refractivity contribution in [1.29, 1.82) is 0 Å². The first-order chi connectivity index (χ1) is 13.1. The minimum atomic E-state index is -0.193. The standard InChI is InChI=1S/C21H18N4O2/c1-13-5-6-14(2)18(10-13)23-19(26)12-20-24-25-21(27-20)16-7-8-17-15(11-16)4-3-9-22-17/h3-11H,12H2,1-2H3,(H,23,26). The average molecular weight is 358 g/mol. The first kappa shape index (κ1) is 16.9. The van der Waals surface area contributed by atoms with Crippen LogP contribution >= 0.6 is 0 Å². The van der Waals surface area contributed by atoms with Crippen molar-refractivity contribution in [1.82, 2.24) is 15.2 Å². The summed E-state index contributed by atoms with van der Waals surface area (Å²) < 4.78 is 5.68. The van der Waals surface area contributed by atoms with Gasteiger partial charge in [-0.25, -0.2) is 0 Å². The second kappa shape index (κ2) is 6.99. The maximum atomic E-state index is 12.3. The van der Waals surface area contributed by atoms with Gasteiger partial charge in [0.1, 0.15) is 6.42 Å². The van der Waals surface area contributed by atoms with Crippen LogP contribution in [0, 0.1) is 13.8 Å². The molecule has 0 bridgehead atoms. The van der Waals surface area contributed by atoms with Crippen LogP contribution in [-0.2, 0) is 11.2 Å². The van der Waals surface area contributed by atoms with Gasteiger partial charge in [-0.15, -0.1) is 10.2 Å². The number of rotatable bonds is 4. The number of anilines is 1. The molecule has 4 aromatic rings. The van der Waals surface area contributed by atoms with Crippen LogP contribution in [0.1, 0.15) is 17.0 Å². The van der Waals surface area contributed by atoms with Crippen LogP contribution in [-0.4, -0.2) is 21.1 Å². The van der Waals surface area contributed by atoms with Crippen LogP contribution in [0.4, 0.5) is 5.69 Å². The highest BCUT2D eigenvalue weighted by atomic mass is 16.4. The molecule has 0 atom stereocenters. The van der Waals surface area contributed by atoms with E-state index >= 15 is 0 Å². The molecule has 2 aromatic heterocycles. The molecule has 0 aliphatic carbocycles. The molecule has 0 aliphatic rings. The van der Waals surface area contributed by atoms with Gasteiger partial charge in [-0.05, 0) is 55.3 Å². The second-order valence-corrected chi connectivity index (χ2v) is 6.46. The van der Waals surface area contributed by atoms with Crippen molar-refractivity contribution < 1.29 is 9.21 Å². The fourth-order valence-electron chi connectivity index (χ4n) is 2.85. The van der Waals surface area contributed by atoms with E-state index in [9.17, 15) is 4.79 Å². The summed E-state index contributed by atoms with van der Waals surface area (Å²) in [5, 5.41) is 12.0. The van der Waals surface area contributed by atoms with Crippen molar-refractivity contribution in [2.75, 3.05) is 5.32 Å². The van der Waals surface area contributed by atoms with Gasteiger partial charge in [-0.3, -0.25) is 9.78 Å². The maximum absolute atomic E-state index is 12.3. The minimum absolute atomic E-state index is 0.0233. The van der Waals surface area contributed by atoms with Gasteiger partial charge in [-0.2, -0.15) is 0 Å². The third-order valence-electron chi connectivity index (χ3n) is 4.30. The van der Waals surface area contributed by atoms with Gasteiger partial charge in [0.05, 0.1) is 5.52 Å². The summed E-state index contributed by atoms with van der Waals surface area (Å²) in [4.78, 5) is 16.6. The van der Waals surface area contributed by atoms with Gasteiger partial charge in [0.15, 0.2) is 0 Å². The SMILES string of the molecule is Cc1ccc(C)c(NC(=O)Cc2nnc(-c3ccc4ncccc4c3)o2)c1. The van der Waals surface area contributed by atoms with Gasteiger partial charge >= 0.3 is 0 Å². The zero-order valence-corrected chi connectivity index (χ0v) is 15.1. The van der Waals surface area contributed by atoms with Crippen molar-refractivity contribution in [3.63, 3.8) is 0 Å². The number of aromatic nitrogens is 3. The Labute approximate surface area is 156 Å². The van der Waals surface area contributed by atoms with E-state index in [1.165, 1.54) is 0 Å². The summed E-state index contributed by atoms with van der Waals surface area (Å²) in [6.07, 6.45) is 1.77. The highest BCUT2D eigenvalue weighted by molar-refractivity contribution is 5.92. The normalized spacial score (nSPS) is 10.9. The summed E-state index contributed by atoms with van der Waals surface area (Å²) >= 11 is 0. The quantitative estimate of drug-likeness (QED) is 0.594. The van der Waals surface area contributed by atoms with E-state index in [-0.39, 0.29) is 18.2 Å². The third kappa shape index (κ3) is 3.69. The summed E-state index contributed by atoms with van der Waals surface area (Å²) in [6.45, 7) is 3.94. The highest BCUT2D eigenvalue weighted by Crippen LogP contribution is 2.23. The van der Waals surface area contributed by atoms with E-state index in [2.05, 4.69) is 20.5 Å². The third-order valence-corrected chi connectivity index (χ3v) is 4.30. The molecule has 6 heteroatoms. The van der Waals surface area contributed by atoms with E-state index in [4.69, 9.17) is 4.42 Å². The first-order valence-corrected chi connectivity index (χ1v) is 8.63. The Morgan fingerprint density at radius 2 is 1.96 bits per heavy atom. The van der Waals surface area contributed by atoms with E-state index in [0.29, 0.717) is 5.89 Å². The number of amides is 1. The number of benzene rings is 2. The van der Waals surface area contributed by atoms with Crippen molar-refractivity contribution in [2.45, 2.75) is 20.3 Å². The minimum Gasteiger partial charge on any atom is -0.420 e. The number of aryl methyl sites for hydroxylation is 2. The summed E-state index contributed by atoms with van der Waals surface area (Å²) in [7, 11) is 0. The molecule has 1 N–H and O–H groups in total. The Bertz CT molecular complexity index is 1130. The predicted octanol–water partition coefficient (Wildman–Crippen LogP) is 4.08. The van der Waals surface area contributed by atoms with E-state index < -0.39 is 0 Å². The lowest BCUT2D eigenvalue weighted by atomic mass is 10.1. The van der Waals surface area contributed by atoms with Crippen LogP contribution in [0.2, 0.25) is 0 Å². The van der Waals surface area contributed by atoms with Crippen LogP contribution in [0.3, 0.4) is 0 Å². The molecular formula is C21H18N4O2. The Morgan fingerprint density at radius 1 is 1.07 bits per heavy atom. The number of hydrogen-bond donors (Lipinski definition) is 1. The first-order valence-electron chi connectivity index (χ1n) is 8.63. The largest absolute Gasteiger partial charge is 0.420 e. The van der Waals surface area contributed by atoms with Crippen LogP contribution in [0.5, 0.6) is 0 Å². The molecule has 4 rings (SSSR count). The average Bonchev–Trinajstić information content (AvgIpc) is 3.12. The Balaban J connectivity index is 1.50. The van der Waals surface area contributed by atoms with E-state index in [0.717, 1.165) is 33.3 Å². The smallest absolute Gasteiger partial charge is 0.247 e. The summed E-state index contributed by atoms with van der Waals surface area (Å²) in [5.41, 5.74) is 4.58. The van der Waals surface area contributed by atoms with Crippen molar-refractivity contribution in [2.24, 2.45) is 0 Å². The molecule has 0 aliphatic heterocycles. The lowest BCUT2D eigenvalue weighted by molar-refractivity contribution is -0.115. The van der Waals surface area contributed by atoms with Crippen LogP contribution in [0.15, 0.2) is 59.1 Å². The molecule has 6 nitrogen and oxygen atoms in total. The van der Waals surface area contributed by atoms with E-state index in [1.54, 1.807) is 6.20 Å². The topological polar surface area (TPSA) is 80.9 Å². The number of nitrogens with one attached hydrogen (secondary N) is 1. The van der Waals surface area contributed by atoms with Crippen LogP contribution in [0.25, 0.3) is 22.4 Å². The predicted molar refractivity (Wildman–Crippen MR) is 103 cm³/mol. The monoisotopic (exact) mass is 358 g/mol. The van der Waals surface area contributed by atoms with Crippen molar-refractivity contribution in [3.05, 3.63) is 71.7 Å². The molecule has 0 radical (unpaired) electrons. The van der Waals surface area contributed by atoms with Crippen LogP contribution < -0.4 is 5.32 Å². The Morgan fingerprint density at radius 3 is 2.85 bits per heavy atom. The van der Waals surface area contributed by atoms with E-state index in [1.807, 2.05) is 62.4 Å². The molecule has 134 valence electrons. The zero-order valence-electron chi connectivity index (χ0n) is 15.1. The molecule has 1 amide bonds. The van der Waals surface area contributed by atoms with Gasteiger partial charge in [-0.1, -0.05) is 18.2 Å². The van der Waals surface area contributed by atoms with Gasteiger partial charge < -0.3 is 9.73 Å². The molecule has 2 heterocycles. The number of hydrogen-bond acceptors (Lipinski definition) is 5. The fourth-order valence-corrected chi connectivity index (χ4v) is 2.85. The number of fused-ring (bicyclic) bond motifs is 1. The molecule has 0 unspecified atom stereocenters. The lowest BCUT2D eigenvalue weighted by Crippen LogP contribution is -2.15. The number of carbonyl (C=O) groups excluding carboxylic acids is 1. The molecule has 27 heavy (non-hydrogen) atoms. The molecule has 0 saturated heterocycles. The molecular weight excluding hydrogens is 340 g/mol. The Hall–Kier alpha value is -3.54. The molecule has 0 fully saturated rings. The number of carbonyl (C=O) groups is 1. The fraction of sp³-hybridized carbons (Fsp3) is 0.143. The van der Waals surface area contributed by atoms with Gasteiger partial charge in [0.25, 0.3) is 0 Å². The number of pyridine rings is 1. The summed E-state index contributed by atoms with van der Waals surface area (Å²) in [5.74, 6) is 0.469. The van der Waals surface area contributed by atoms with Crippen molar-refractivity contribution in [3.8, 4) is 11.5 Å². The van der Waals surface area contributed by atoms with Gasteiger partial charge in [0, 0.05) is 22.8 Å². The van der Waals surface area contributed by atoms with Crippen molar-refractivity contribution >= 4 is 22.5 Å². The highest BCUT2D eigenvalue weighted by Gasteiger charge is 2.14. The maximum Gasteiger partial charge on any atom is 0.247 e. The van der Waals surface area contributed by atoms with Gasteiger partial charge in [0.2, 0.25) is 17.7 Å². The summed E-state index contributed by atoms with van der Waals surface area (Å²) in [6, 6.07) is 15.5.